The van der Waals surface area contributed by atoms with Crippen LogP contribution < -0.4 is 0 Å². The van der Waals surface area contributed by atoms with E-state index >= 15 is 0 Å². The van der Waals surface area contributed by atoms with Crippen molar-refractivity contribution in [3.8, 4) is 33.4 Å². The smallest absolute Gasteiger partial charge is 0.138 e. The zero-order chi connectivity index (χ0) is 30.4. The zero-order valence-electron chi connectivity index (χ0n) is 25.3. The lowest BCUT2D eigenvalue weighted by atomic mass is 9.84. The van der Waals surface area contributed by atoms with Crippen LogP contribution in [0.4, 0.5) is 0 Å². The van der Waals surface area contributed by atoms with Crippen LogP contribution in [0.1, 0.15) is 5.56 Å². The summed E-state index contributed by atoms with van der Waals surface area (Å²) in [5.41, 5.74) is 10.6. The van der Waals surface area contributed by atoms with Crippen molar-refractivity contribution in [3.05, 3.63) is 157 Å². The standard InChI is InChI=1S/C45H28O/c1-27-17-18-31-23-24-39-38(25-26-40-44(39)42(31)45(27)46-40)43-36-14-6-4-12-34(36)41(35-13-5-7-15-37(35)43)30-21-19-29(20-22-30)33-16-8-10-28-9-2-3-11-32(28)33/h2-26H,1H3. The van der Waals surface area contributed by atoms with Crippen molar-refractivity contribution < 1.29 is 4.42 Å². The third-order valence-corrected chi connectivity index (χ3v) is 9.96. The molecule has 0 N–H and O–H groups in total. The summed E-state index contributed by atoms with van der Waals surface area (Å²) in [6.07, 6.45) is 0. The molecule has 0 fully saturated rings. The fraction of sp³-hybridized carbons (Fsp3) is 0.0222. The molecular formula is C45H28O. The average molecular weight is 585 g/mol. The molecular weight excluding hydrogens is 556 g/mol. The highest BCUT2D eigenvalue weighted by molar-refractivity contribution is 6.29. The van der Waals surface area contributed by atoms with Gasteiger partial charge in [-0.1, -0.05) is 140 Å². The minimum Gasteiger partial charge on any atom is -0.456 e. The maximum Gasteiger partial charge on any atom is 0.138 e. The molecule has 0 amide bonds. The van der Waals surface area contributed by atoms with E-state index in [1.807, 2.05) is 0 Å². The van der Waals surface area contributed by atoms with Gasteiger partial charge in [-0.25, -0.2) is 0 Å². The number of aryl methyl sites for hydroxylation is 1. The van der Waals surface area contributed by atoms with Crippen molar-refractivity contribution >= 4 is 65.0 Å². The van der Waals surface area contributed by atoms with E-state index in [9.17, 15) is 0 Å². The van der Waals surface area contributed by atoms with Gasteiger partial charge in [0.15, 0.2) is 0 Å². The van der Waals surface area contributed by atoms with Gasteiger partial charge >= 0.3 is 0 Å². The van der Waals surface area contributed by atoms with Crippen molar-refractivity contribution in [1.29, 1.82) is 0 Å². The second kappa shape index (κ2) is 9.54. The van der Waals surface area contributed by atoms with Crippen LogP contribution in [0.15, 0.2) is 156 Å². The number of hydrogen-bond donors (Lipinski definition) is 0. The quantitative estimate of drug-likeness (QED) is 0.149. The SMILES string of the molecule is Cc1ccc2ccc3c(-c4c5ccccc5c(-c5ccc(-c6cccc7ccccc67)cc5)c5ccccc45)ccc4oc1c2c43. The second-order valence-corrected chi connectivity index (χ2v) is 12.5. The maximum atomic E-state index is 6.45. The van der Waals surface area contributed by atoms with Crippen LogP contribution in [0.5, 0.6) is 0 Å². The highest BCUT2D eigenvalue weighted by Crippen LogP contribution is 2.48. The first kappa shape index (κ1) is 25.4. The van der Waals surface area contributed by atoms with E-state index in [2.05, 4.69) is 159 Å². The molecule has 0 aliphatic carbocycles. The first-order valence-corrected chi connectivity index (χ1v) is 15.9. The van der Waals surface area contributed by atoms with Crippen LogP contribution in [-0.2, 0) is 0 Å². The Bertz CT molecular complexity index is 2730. The Morgan fingerprint density at radius 3 is 1.72 bits per heavy atom. The monoisotopic (exact) mass is 584 g/mol. The van der Waals surface area contributed by atoms with Gasteiger partial charge in [0, 0.05) is 10.8 Å². The zero-order valence-corrected chi connectivity index (χ0v) is 25.3. The third kappa shape index (κ3) is 3.51. The summed E-state index contributed by atoms with van der Waals surface area (Å²) in [6, 6.07) is 55.5. The topological polar surface area (TPSA) is 13.1 Å². The van der Waals surface area contributed by atoms with E-state index in [-0.39, 0.29) is 0 Å². The Morgan fingerprint density at radius 2 is 0.978 bits per heavy atom. The minimum atomic E-state index is 0.949. The summed E-state index contributed by atoms with van der Waals surface area (Å²) >= 11 is 0. The molecule has 214 valence electrons. The normalized spacial score (nSPS) is 12.0. The van der Waals surface area contributed by atoms with E-state index in [1.54, 1.807) is 0 Å². The summed E-state index contributed by atoms with van der Waals surface area (Å²) in [4.78, 5) is 0. The molecule has 1 aromatic heterocycles. The van der Waals surface area contributed by atoms with Gasteiger partial charge in [-0.3, -0.25) is 0 Å². The third-order valence-electron chi connectivity index (χ3n) is 9.96. The molecule has 10 aromatic rings. The van der Waals surface area contributed by atoms with Crippen LogP contribution in [0.3, 0.4) is 0 Å². The highest BCUT2D eigenvalue weighted by Gasteiger charge is 2.21. The Morgan fingerprint density at radius 1 is 0.370 bits per heavy atom. The van der Waals surface area contributed by atoms with Gasteiger partial charge in [-0.05, 0) is 101 Å². The largest absolute Gasteiger partial charge is 0.456 e. The Hall–Kier alpha value is -5.92. The summed E-state index contributed by atoms with van der Waals surface area (Å²) in [7, 11) is 0. The molecule has 0 unspecified atom stereocenters. The molecule has 1 nitrogen and oxygen atoms in total. The maximum absolute atomic E-state index is 6.45. The number of fused-ring (bicyclic) bond motifs is 3. The van der Waals surface area contributed by atoms with E-state index in [0.29, 0.717) is 0 Å². The molecule has 0 saturated heterocycles. The molecule has 46 heavy (non-hydrogen) atoms. The Balaban J connectivity index is 1.24. The molecule has 0 bridgehead atoms. The highest BCUT2D eigenvalue weighted by atomic mass is 16.3. The molecule has 0 radical (unpaired) electrons. The van der Waals surface area contributed by atoms with Crippen molar-refractivity contribution in [1.82, 2.24) is 0 Å². The van der Waals surface area contributed by atoms with Crippen molar-refractivity contribution in [2.24, 2.45) is 0 Å². The molecule has 0 spiro atoms. The van der Waals surface area contributed by atoms with Crippen LogP contribution in [0.2, 0.25) is 0 Å². The summed E-state index contributed by atoms with van der Waals surface area (Å²) in [5.74, 6) is 0. The molecule has 0 saturated carbocycles. The van der Waals surface area contributed by atoms with Crippen LogP contribution in [0, 0.1) is 6.92 Å². The molecule has 0 aliphatic heterocycles. The summed E-state index contributed by atoms with van der Waals surface area (Å²) in [6.45, 7) is 2.13. The predicted octanol–water partition coefficient (Wildman–Crippen LogP) is 12.9. The summed E-state index contributed by atoms with van der Waals surface area (Å²) in [5, 5.41) is 12.5. The van der Waals surface area contributed by atoms with Gasteiger partial charge in [0.1, 0.15) is 11.2 Å². The molecule has 9 aromatic carbocycles. The van der Waals surface area contributed by atoms with Crippen molar-refractivity contribution in [2.75, 3.05) is 0 Å². The van der Waals surface area contributed by atoms with Gasteiger partial charge in [-0.15, -0.1) is 0 Å². The van der Waals surface area contributed by atoms with Gasteiger partial charge < -0.3 is 4.42 Å². The average Bonchev–Trinajstić information content (AvgIpc) is 3.52. The molecule has 1 heterocycles. The van der Waals surface area contributed by atoms with Crippen molar-refractivity contribution in [3.63, 3.8) is 0 Å². The van der Waals surface area contributed by atoms with Gasteiger partial charge in [0.25, 0.3) is 0 Å². The Labute approximate surface area is 266 Å². The first-order valence-electron chi connectivity index (χ1n) is 15.9. The molecule has 1 heteroatoms. The van der Waals surface area contributed by atoms with E-state index < -0.39 is 0 Å². The lowest BCUT2D eigenvalue weighted by molar-refractivity contribution is 0.666. The van der Waals surface area contributed by atoms with Crippen LogP contribution in [-0.4, -0.2) is 0 Å². The van der Waals surface area contributed by atoms with Gasteiger partial charge in [0.2, 0.25) is 0 Å². The number of rotatable bonds is 3. The minimum absolute atomic E-state index is 0.949. The van der Waals surface area contributed by atoms with Crippen molar-refractivity contribution in [2.45, 2.75) is 6.92 Å². The van der Waals surface area contributed by atoms with Gasteiger partial charge in [0.05, 0.1) is 0 Å². The fourth-order valence-electron chi connectivity index (χ4n) is 7.87. The number of hydrogen-bond acceptors (Lipinski definition) is 1. The number of furan rings is 1. The fourth-order valence-corrected chi connectivity index (χ4v) is 7.87. The first-order chi connectivity index (χ1) is 22.7. The van der Waals surface area contributed by atoms with E-state index in [0.717, 1.165) is 11.2 Å². The van der Waals surface area contributed by atoms with Crippen LogP contribution >= 0.6 is 0 Å². The second-order valence-electron chi connectivity index (χ2n) is 12.5. The lowest BCUT2D eigenvalue weighted by Crippen LogP contribution is -1.92. The summed E-state index contributed by atoms with van der Waals surface area (Å²) < 4.78 is 6.45. The van der Waals surface area contributed by atoms with E-state index in [4.69, 9.17) is 4.42 Å². The molecule has 0 aliphatic rings. The Kier molecular flexibility index (Phi) is 5.27. The van der Waals surface area contributed by atoms with Crippen LogP contribution in [0.25, 0.3) is 98.4 Å². The molecule has 0 atom stereocenters. The van der Waals surface area contributed by atoms with Gasteiger partial charge in [-0.2, -0.15) is 0 Å². The lowest BCUT2D eigenvalue weighted by Gasteiger charge is -2.19. The predicted molar refractivity (Wildman–Crippen MR) is 196 cm³/mol. The van der Waals surface area contributed by atoms with E-state index in [1.165, 1.54) is 92.8 Å². The number of benzene rings is 9. The molecule has 10 rings (SSSR count).